The third-order valence-electron chi connectivity index (χ3n) is 2.99. The largest absolute Gasteiger partial charge is 0.733 e. The Kier molecular flexibility index (Phi) is 4.47. The van der Waals surface area contributed by atoms with Gasteiger partial charge in [0.05, 0.1) is 5.69 Å². The van der Waals surface area contributed by atoms with Crippen LogP contribution in [-0.4, -0.2) is 22.6 Å². The molecule has 1 rings (SSSR count). The third kappa shape index (κ3) is 3.43. The first-order valence-corrected chi connectivity index (χ1v) is 5.69. The molecule has 0 fully saturated rings. The second kappa shape index (κ2) is 5.68. The average Bonchev–Trinajstić information content (AvgIpc) is 2.38. The van der Waals surface area contributed by atoms with Gasteiger partial charge in [-0.05, 0) is 37.6 Å². The number of anilines is 1. The van der Waals surface area contributed by atoms with Crippen molar-refractivity contribution in [2.24, 2.45) is 5.73 Å². The van der Waals surface area contributed by atoms with Gasteiger partial charge in [-0.2, -0.15) is 0 Å². The molecule has 0 radical (unpaired) electrons. The third-order valence-corrected chi connectivity index (χ3v) is 2.99. The minimum atomic E-state index is -1.13. The lowest BCUT2D eigenvalue weighted by Gasteiger charge is -2.26. The number of amides is 2. The molecule has 0 aliphatic carbocycles. The van der Waals surface area contributed by atoms with Gasteiger partial charge in [0.15, 0.2) is 0 Å². The van der Waals surface area contributed by atoms with E-state index in [4.69, 9.17) is 10.9 Å². The fourth-order valence-electron chi connectivity index (χ4n) is 1.39. The Labute approximate surface area is 110 Å². The molecule has 1 atom stereocenters. The topological polar surface area (TPSA) is 119 Å². The lowest BCUT2D eigenvalue weighted by molar-refractivity contribution is -0.123. The van der Waals surface area contributed by atoms with Gasteiger partial charge in [0.25, 0.3) is 5.91 Å². The fourth-order valence-corrected chi connectivity index (χ4v) is 1.39. The van der Waals surface area contributed by atoms with Crippen LogP contribution in [0.3, 0.4) is 0 Å². The first-order chi connectivity index (χ1) is 8.80. The molecule has 19 heavy (non-hydrogen) atoms. The van der Waals surface area contributed by atoms with Gasteiger partial charge in [0.1, 0.15) is 5.54 Å². The molecule has 2 amide bonds. The Morgan fingerprint density at radius 1 is 1.42 bits per heavy atom. The van der Waals surface area contributed by atoms with Crippen LogP contribution in [0.15, 0.2) is 24.3 Å². The van der Waals surface area contributed by atoms with Crippen molar-refractivity contribution in [3.63, 3.8) is 0 Å². The highest BCUT2D eigenvalue weighted by atomic mass is 16.8. The molecule has 1 aromatic carbocycles. The molecule has 0 saturated carbocycles. The van der Waals surface area contributed by atoms with Gasteiger partial charge in [-0.15, -0.1) is 0 Å². The van der Waals surface area contributed by atoms with E-state index in [0.29, 0.717) is 6.42 Å². The van der Waals surface area contributed by atoms with E-state index in [-0.39, 0.29) is 16.5 Å². The monoisotopic (exact) mass is 266 g/mol. The molecule has 0 heterocycles. The zero-order valence-electron chi connectivity index (χ0n) is 10.7. The Morgan fingerprint density at radius 3 is 2.32 bits per heavy atom. The molecule has 7 nitrogen and oxygen atoms in total. The maximum absolute atomic E-state index is 11.9. The Morgan fingerprint density at radius 2 is 1.95 bits per heavy atom. The number of primary amides is 1. The van der Waals surface area contributed by atoms with Gasteiger partial charge in [-0.25, -0.2) is 0 Å². The highest BCUT2D eigenvalue weighted by Crippen LogP contribution is 2.14. The zero-order valence-corrected chi connectivity index (χ0v) is 10.7. The van der Waals surface area contributed by atoms with Crippen LogP contribution in [0.25, 0.3) is 0 Å². The predicted molar refractivity (Wildman–Crippen MR) is 69.4 cm³/mol. The zero-order chi connectivity index (χ0) is 14.6. The maximum Gasteiger partial charge on any atom is 0.252 e. The molecule has 4 N–H and O–H groups in total. The predicted octanol–water partition coefficient (Wildman–Crippen LogP) is 0.764. The summed E-state index contributed by atoms with van der Waals surface area (Å²) < 4.78 is 0. The molecule has 0 aliphatic rings. The second-order valence-electron chi connectivity index (χ2n) is 4.32. The standard InChI is InChI=1S/C12H16N3O4/c1-3-12(2,11(13)17)14-10(16)8-4-6-9(7-5-8)15(18)19/h4-7,18H,3H2,1-2H3,(H2,13,17)(H,14,16)/q-1/t12-/m1/s1. The van der Waals surface area contributed by atoms with Crippen molar-refractivity contribution < 1.29 is 14.8 Å². The summed E-state index contributed by atoms with van der Waals surface area (Å²) in [7, 11) is 0. The van der Waals surface area contributed by atoms with E-state index in [9.17, 15) is 14.8 Å². The molecule has 0 saturated heterocycles. The van der Waals surface area contributed by atoms with Crippen LogP contribution in [0.1, 0.15) is 30.6 Å². The number of benzene rings is 1. The molecule has 1 aromatic rings. The van der Waals surface area contributed by atoms with Gasteiger partial charge >= 0.3 is 0 Å². The average molecular weight is 266 g/mol. The van der Waals surface area contributed by atoms with Gasteiger partial charge in [-0.1, -0.05) is 6.92 Å². The maximum atomic E-state index is 11.9. The van der Waals surface area contributed by atoms with Gasteiger partial charge < -0.3 is 21.5 Å². The Bertz CT molecular complexity index is 472. The van der Waals surface area contributed by atoms with Crippen molar-refractivity contribution in [2.45, 2.75) is 25.8 Å². The summed E-state index contributed by atoms with van der Waals surface area (Å²) in [5, 5.41) is 21.5. The van der Waals surface area contributed by atoms with Crippen molar-refractivity contribution in [1.29, 1.82) is 0 Å². The van der Waals surface area contributed by atoms with E-state index in [1.165, 1.54) is 31.2 Å². The SMILES string of the molecule is CC[C@@](C)(NC(=O)c1ccc(N([O-])O)cc1)C(N)=O. The van der Waals surface area contributed by atoms with Crippen LogP contribution in [0, 0.1) is 5.21 Å². The Balaban J connectivity index is 2.86. The number of hydrogen-bond donors (Lipinski definition) is 3. The van der Waals surface area contributed by atoms with Gasteiger partial charge in [0.2, 0.25) is 5.91 Å². The number of carbonyl (C=O) groups is 2. The van der Waals surface area contributed by atoms with E-state index >= 15 is 0 Å². The molecule has 104 valence electrons. The van der Waals surface area contributed by atoms with Crippen LogP contribution in [0.2, 0.25) is 0 Å². The number of nitrogens with zero attached hydrogens (tertiary/aromatic N) is 1. The van der Waals surface area contributed by atoms with Crippen LogP contribution in [-0.2, 0) is 4.79 Å². The van der Waals surface area contributed by atoms with E-state index in [2.05, 4.69) is 5.32 Å². The molecule has 7 heteroatoms. The number of nitrogens with one attached hydrogen (secondary N) is 1. The summed E-state index contributed by atoms with van der Waals surface area (Å²) in [6.45, 7) is 3.27. The summed E-state index contributed by atoms with van der Waals surface area (Å²) in [5.74, 6) is -1.11. The smallest absolute Gasteiger partial charge is 0.252 e. The number of carbonyl (C=O) groups excluding carboxylic acids is 2. The van der Waals surface area contributed by atoms with Crippen molar-refractivity contribution >= 4 is 17.5 Å². The Hall–Kier alpha value is -2.12. The molecule has 0 bridgehead atoms. The number of hydrogen-bond acceptors (Lipinski definition) is 5. The van der Waals surface area contributed by atoms with E-state index < -0.39 is 17.4 Å². The van der Waals surface area contributed by atoms with Crippen molar-refractivity contribution in [3.8, 4) is 0 Å². The summed E-state index contributed by atoms with van der Waals surface area (Å²) in [5.41, 5.74) is 4.37. The van der Waals surface area contributed by atoms with Crippen LogP contribution in [0.4, 0.5) is 5.69 Å². The molecular formula is C12H16N3O4-. The fraction of sp³-hybridized carbons (Fsp3) is 0.333. The summed E-state index contributed by atoms with van der Waals surface area (Å²) in [4.78, 5) is 23.2. The number of nitrogens with two attached hydrogens (primary N) is 1. The van der Waals surface area contributed by atoms with E-state index in [1.54, 1.807) is 6.92 Å². The highest BCUT2D eigenvalue weighted by molar-refractivity contribution is 5.98. The molecule has 0 aliphatic heterocycles. The normalized spacial score (nSPS) is 13.5. The van der Waals surface area contributed by atoms with Gasteiger partial charge in [-0.3, -0.25) is 14.8 Å². The van der Waals surface area contributed by atoms with E-state index in [1.807, 2.05) is 0 Å². The quantitative estimate of drug-likeness (QED) is 0.680. The number of rotatable bonds is 5. The van der Waals surface area contributed by atoms with Crippen molar-refractivity contribution in [2.75, 3.05) is 5.23 Å². The first kappa shape index (κ1) is 14.9. The minimum absolute atomic E-state index is 0.00436. The first-order valence-electron chi connectivity index (χ1n) is 5.69. The highest BCUT2D eigenvalue weighted by Gasteiger charge is 2.30. The van der Waals surface area contributed by atoms with E-state index in [0.717, 1.165) is 0 Å². The van der Waals surface area contributed by atoms with Crippen molar-refractivity contribution in [1.82, 2.24) is 5.32 Å². The van der Waals surface area contributed by atoms with Crippen LogP contribution >= 0.6 is 0 Å². The molecule has 0 aromatic heterocycles. The van der Waals surface area contributed by atoms with Crippen LogP contribution < -0.4 is 16.3 Å². The van der Waals surface area contributed by atoms with Crippen molar-refractivity contribution in [3.05, 3.63) is 35.0 Å². The summed E-state index contributed by atoms with van der Waals surface area (Å²) in [6.07, 6.45) is 0.358. The summed E-state index contributed by atoms with van der Waals surface area (Å²) in [6, 6.07) is 5.30. The molecular weight excluding hydrogens is 250 g/mol. The lowest BCUT2D eigenvalue weighted by Crippen LogP contribution is -2.54. The summed E-state index contributed by atoms with van der Waals surface area (Å²) >= 11 is 0. The molecule has 0 unspecified atom stereocenters. The van der Waals surface area contributed by atoms with Crippen LogP contribution in [0.5, 0.6) is 0 Å². The second-order valence-corrected chi connectivity index (χ2v) is 4.32. The molecule has 0 spiro atoms. The lowest BCUT2D eigenvalue weighted by atomic mass is 9.97. The minimum Gasteiger partial charge on any atom is -0.733 e. The van der Waals surface area contributed by atoms with Gasteiger partial charge in [0, 0.05) is 5.56 Å².